The molecule has 1 N–H and O–H groups in total. The zero-order valence-electron chi connectivity index (χ0n) is 19.4. The zero-order valence-corrected chi connectivity index (χ0v) is 19.4. The van der Waals surface area contributed by atoms with Crippen molar-refractivity contribution in [2.24, 2.45) is 5.92 Å². The van der Waals surface area contributed by atoms with Crippen LogP contribution in [0.3, 0.4) is 0 Å². The van der Waals surface area contributed by atoms with E-state index in [-0.39, 0.29) is 24.1 Å². The topological polar surface area (TPSA) is 79.9 Å². The van der Waals surface area contributed by atoms with Crippen molar-refractivity contribution in [1.82, 2.24) is 15.1 Å². The van der Waals surface area contributed by atoms with Crippen LogP contribution in [0.5, 0.6) is 0 Å². The first-order valence-corrected chi connectivity index (χ1v) is 12.2. The number of fused-ring (bicyclic) bond motifs is 2. The number of amides is 1. The summed E-state index contributed by atoms with van der Waals surface area (Å²) in [5.41, 5.74) is 5.97. The average Bonchev–Trinajstić information content (AvgIpc) is 3.50. The average molecular weight is 463 g/mol. The number of hydrogen-bond donors (Lipinski definition) is 1. The van der Waals surface area contributed by atoms with Crippen LogP contribution < -0.4 is 5.32 Å². The van der Waals surface area contributed by atoms with Gasteiger partial charge in [-0.1, -0.05) is 54.6 Å². The second kappa shape index (κ2) is 9.01. The van der Waals surface area contributed by atoms with Gasteiger partial charge in [-0.3, -0.25) is 4.79 Å². The highest BCUT2D eigenvalue weighted by Gasteiger charge is 2.26. The molecule has 2 aliphatic rings. The van der Waals surface area contributed by atoms with Gasteiger partial charge in [-0.25, -0.2) is 4.68 Å². The minimum atomic E-state index is -0.200. The third kappa shape index (κ3) is 4.09. The van der Waals surface area contributed by atoms with Crippen LogP contribution in [0.4, 0.5) is 0 Å². The molecule has 0 bridgehead atoms. The van der Waals surface area contributed by atoms with Crippen molar-refractivity contribution in [1.29, 1.82) is 5.26 Å². The van der Waals surface area contributed by atoms with Crippen molar-refractivity contribution in [2.45, 2.75) is 38.0 Å². The predicted octanol–water partition coefficient (Wildman–Crippen LogP) is 5.05. The van der Waals surface area contributed by atoms with Crippen LogP contribution in [0.25, 0.3) is 22.2 Å². The predicted molar refractivity (Wildman–Crippen MR) is 134 cm³/mol. The van der Waals surface area contributed by atoms with Crippen molar-refractivity contribution in [3.8, 4) is 17.3 Å². The smallest absolute Gasteiger partial charge is 0.251 e. The van der Waals surface area contributed by atoms with E-state index in [4.69, 9.17) is 9.84 Å². The SMILES string of the molecule is N#CC1CCC(n2nc(-c3cccc(C(=O)NC4Cc5ccccc5C4)c3)c3ccccc32)OC1. The molecule has 174 valence electrons. The summed E-state index contributed by atoms with van der Waals surface area (Å²) in [5, 5.41) is 18.4. The quantitative estimate of drug-likeness (QED) is 0.460. The van der Waals surface area contributed by atoms with E-state index in [1.165, 1.54) is 11.1 Å². The van der Waals surface area contributed by atoms with E-state index in [0.717, 1.165) is 47.8 Å². The van der Waals surface area contributed by atoms with E-state index in [1.54, 1.807) is 0 Å². The Hall–Kier alpha value is -3.95. The summed E-state index contributed by atoms with van der Waals surface area (Å²) in [4.78, 5) is 13.1. The van der Waals surface area contributed by atoms with Gasteiger partial charge in [0.2, 0.25) is 0 Å². The van der Waals surface area contributed by atoms with Crippen molar-refractivity contribution >= 4 is 16.8 Å². The maximum absolute atomic E-state index is 13.1. The molecular formula is C29H26N4O2. The number of carbonyl (C=O) groups excluding carboxylic acids is 1. The van der Waals surface area contributed by atoms with Gasteiger partial charge in [-0.2, -0.15) is 10.4 Å². The monoisotopic (exact) mass is 462 g/mol. The Kier molecular flexibility index (Phi) is 5.55. The van der Waals surface area contributed by atoms with Gasteiger partial charge in [-0.15, -0.1) is 0 Å². The summed E-state index contributed by atoms with van der Waals surface area (Å²) < 4.78 is 7.93. The largest absolute Gasteiger partial charge is 0.355 e. The summed E-state index contributed by atoms with van der Waals surface area (Å²) >= 11 is 0. The molecule has 6 nitrogen and oxygen atoms in total. The van der Waals surface area contributed by atoms with Crippen molar-refractivity contribution < 1.29 is 9.53 Å². The number of nitrogens with one attached hydrogen (secondary N) is 1. The Morgan fingerprint density at radius 3 is 2.51 bits per heavy atom. The summed E-state index contributed by atoms with van der Waals surface area (Å²) in [7, 11) is 0. The number of para-hydroxylation sites is 1. The van der Waals surface area contributed by atoms with Gasteiger partial charge >= 0.3 is 0 Å². The number of rotatable bonds is 4. The summed E-state index contributed by atoms with van der Waals surface area (Å²) in [6.45, 7) is 0.422. The van der Waals surface area contributed by atoms with Crippen LogP contribution in [-0.2, 0) is 17.6 Å². The molecule has 6 heteroatoms. The Bertz CT molecular complexity index is 1420. The van der Waals surface area contributed by atoms with Gasteiger partial charge in [0.05, 0.1) is 24.1 Å². The van der Waals surface area contributed by atoms with Crippen molar-refractivity contribution in [3.63, 3.8) is 0 Å². The number of nitriles is 1. The summed E-state index contributed by atoms with van der Waals surface area (Å²) in [5.74, 6) is -0.123. The Morgan fingerprint density at radius 2 is 1.77 bits per heavy atom. The van der Waals surface area contributed by atoms with E-state index in [0.29, 0.717) is 12.2 Å². The van der Waals surface area contributed by atoms with E-state index in [2.05, 4.69) is 41.7 Å². The second-order valence-electron chi connectivity index (χ2n) is 9.43. The van der Waals surface area contributed by atoms with Crippen LogP contribution in [0.1, 0.15) is 40.6 Å². The fourth-order valence-electron chi connectivity index (χ4n) is 5.29. The Balaban J connectivity index is 1.27. The number of hydrogen-bond acceptors (Lipinski definition) is 4. The highest BCUT2D eigenvalue weighted by molar-refractivity contribution is 5.98. The molecule has 4 aromatic rings. The molecule has 6 rings (SSSR count). The molecule has 35 heavy (non-hydrogen) atoms. The molecule has 2 atom stereocenters. The van der Waals surface area contributed by atoms with Gasteiger partial charge in [0.25, 0.3) is 5.91 Å². The molecule has 1 aliphatic heterocycles. The first-order valence-electron chi connectivity index (χ1n) is 12.2. The molecule has 2 unspecified atom stereocenters. The maximum atomic E-state index is 13.1. The van der Waals surface area contributed by atoms with Crippen LogP contribution in [-0.4, -0.2) is 28.3 Å². The van der Waals surface area contributed by atoms with Gasteiger partial charge < -0.3 is 10.1 Å². The molecular weight excluding hydrogens is 436 g/mol. The van der Waals surface area contributed by atoms with Crippen molar-refractivity contribution in [2.75, 3.05) is 6.61 Å². The van der Waals surface area contributed by atoms with Crippen LogP contribution in [0, 0.1) is 17.2 Å². The molecule has 1 aromatic heterocycles. The number of ether oxygens (including phenoxy) is 1. The fourth-order valence-corrected chi connectivity index (χ4v) is 5.29. The van der Waals surface area contributed by atoms with Gasteiger partial charge in [0, 0.05) is 22.6 Å². The second-order valence-corrected chi connectivity index (χ2v) is 9.43. The lowest BCUT2D eigenvalue weighted by molar-refractivity contribution is -0.0515. The standard InChI is InChI=1S/C29H26N4O2/c30-17-19-12-13-27(35-18-19)33-26-11-4-3-10-25(26)28(32-33)22-8-5-9-23(14-22)29(34)31-24-15-20-6-1-2-7-21(20)16-24/h1-11,14,19,24,27H,12-13,15-16,18H2,(H,31,34). The third-order valence-corrected chi connectivity index (χ3v) is 7.11. The molecule has 1 saturated heterocycles. The summed E-state index contributed by atoms with van der Waals surface area (Å²) in [6, 6.07) is 26.6. The molecule has 0 spiro atoms. The summed E-state index contributed by atoms with van der Waals surface area (Å²) in [6.07, 6.45) is 3.07. The molecule has 2 heterocycles. The lowest BCUT2D eigenvalue weighted by Crippen LogP contribution is -2.35. The molecule has 1 fully saturated rings. The van der Waals surface area contributed by atoms with E-state index >= 15 is 0 Å². The first kappa shape index (κ1) is 21.6. The molecule has 3 aromatic carbocycles. The zero-order chi connectivity index (χ0) is 23.8. The van der Waals surface area contributed by atoms with E-state index < -0.39 is 0 Å². The highest BCUT2D eigenvalue weighted by atomic mass is 16.5. The van der Waals surface area contributed by atoms with Gasteiger partial charge in [0.15, 0.2) is 6.23 Å². The number of aromatic nitrogens is 2. The Morgan fingerprint density at radius 1 is 1.00 bits per heavy atom. The van der Waals surface area contributed by atoms with E-state index in [9.17, 15) is 10.1 Å². The van der Waals surface area contributed by atoms with Crippen LogP contribution in [0.2, 0.25) is 0 Å². The third-order valence-electron chi connectivity index (χ3n) is 7.11. The van der Waals surface area contributed by atoms with Gasteiger partial charge in [-0.05, 0) is 55.0 Å². The number of benzene rings is 3. The maximum Gasteiger partial charge on any atom is 0.251 e. The molecule has 1 amide bonds. The minimum Gasteiger partial charge on any atom is -0.355 e. The lowest BCUT2D eigenvalue weighted by atomic mass is 10.0. The molecule has 0 saturated carbocycles. The molecule has 1 aliphatic carbocycles. The Labute approximate surface area is 204 Å². The number of carbonyl (C=O) groups is 1. The van der Waals surface area contributed by atoms with Crippen molar-refractivity contribution in [3.05, 3.63) is 89.5 Å². The van der Waals surface area contributed by atoms with Crippen LogP contribution in [0.15, 0.2) is 72.8 Å². The fraction of sp³-hybridized carbons (Fsp3) is 0.276. The minimum absolute atomic E-state index is 0.0598. The number of nitrogens with zero attached hydrogens (tertiary/aromatic N) is 3. The molecule has 0 radical (unpaired) electrons. The highest BCUT2D eigenvalue weighted by Crippen LogP contribution is 2.34. The normalized spacial score (nSPS) is 19.9. The van der Waals surface area contributed by atoms with Crippen LogP contribution >= 0.6 is 0 Å². The van der Waals surface area contributed by atoms with E-state index in [1.807, 2.05) is 47.1 Å². The lowest BCUT2D eigenvalue weighted by Gasteiger charge is -2.26. The first-order chi connectivity index (χ1) is 17.2. The van der Waals surface area contributed by atoms with Gasteiger partial charge in [0.1, 0.15) is 5.69 Å².